The van der Waals surface area contributed by atoms with E-state index >= 15 is 0 Å². The lowest BCUT2D eigenvalue weighted by Gasteiger charge is -2.34. The van der Waals surface area contributed by atoms with Gasteiger partial charge in [0, 0.05) is 24.5 Å². The average molecular weight is 266 g/mol. The van der Waals surface area contributed by atoms with Gasteiger partial charge in [0.25, 0.3) is 0 Å². The van der Waals surface area contributed by atoms with E-state index in [1.807, 2.05) is 18.7 Å². The molecule has 4 heteroatoms. The molecule has 1 atom stereocenters. The molecule has 1 saturated heterocycles. The van der Waals surface area contributed by atoms with Gasteiger partial charge in [-0.1, -0.05) is 6.92 Å². The molecule has 1 heterocycles. The van der Waals surface area contributed by atoms with Gasteiger partial charge in [-0.05, 0) is 46.0 Å². The minimum atomic E-state index is -0.153. The van der Waals surface area contributed by atoms with E-state index < -0.39 is 0 Å². The minimum Gasteiger partial charge on any atom is -0.351 e. The normalized spacial score (nSPS) is 24.2. The highest BCUT2D eigenvalue weighted by Gasteiger charge is 2.37. The van der Waals surface area contributed by atoms with Gasteiger partial charge in [0.2, 0.25) is 11.8 Å². The zero-order valence-corrected chi connectivity index (χ0v) is 12.4. The highest BCUT2D eigenvalue weighted by atomic mass is 16.2. The maximum Gasteiger partial charge on any atom is 0.225 e. The van der Waals surface area contributed by atoms with Crippen LogP contribution in [0.25, 0.3) is 0 Å². The number of hydrogen-bond donors (Lipinski definition) is 1. The average Bonchev–Trinajstić information content (AvgIpc) is 3.22. The van der Waals surface area contributed by atoms with E-state index in [4.69, 9.17) is 0 Å². The molecular weight excluding hydrogens is 240 g/mol. The van der Waals surface area contributed by atoms with Crippen LogP contribution in [-0.4, -0.2) is 35.3 Å². The highest BCUT2D eigenvalue weighted by Crippen LogP contribution is 2.32. The summed E-state index contributed by atoms with van der Waals surface area (Å²) in [5.41, 5.74) is -0.153. The molecule has 19 heavy (non-hydrogen) atoms. The molecule has 0 aromatic heterocycles. The summed E-state index contributed by atoms with van der Waals surface area (Å²) in [5, 5.41) is 3.10. The molecule has 2 rings (SSSR count). The second-order valence-electron chi connectivity index (χ2n) is 6.62. The van der Waals surface area contributed by atoms with Gasteiger partial charge in [-0.15, -0.1) is 0 Å². The Morgan fingerprint density at radius 2 is 1.89 bits per heavy atom. The Morgan fingerprint density at radius 3 is 2.47 bits per heavy atom. The monoisotopic (exact) mass is 266 g/mol. The fraction of sp³-hybridized carbons (Fsp3) is 0.867. The van der Waals surface area contributed by atoms with E-state index in [2.05, 4.69) is 12.2 Å². The molecule has 1 aliphatic carbocycles. The summed E-state index contributed by atoms with van der Waals surface area (Å²) in [5.74, 6) is 0.614. The minimum absolute atomic E-state index is 0.0257. The van der Waals surface area contributed by atoms with E-state index in [-0.39, 0.29) is 29.2 Å². The maximum atomic E-state index is 12.3. The van der Waals surface area contributed by atoms with Crippen molar-refractivity contribution in [2.75, 3.05) is 13.1 Å². The number of nitrogens with zero attached hydrogens (tertiary/aromatic N) is 1. The predicted octanol–water partition coefficient (Wildman–Crippen LogP) is 1.94. The molecule has 0 aromatic rings. The zero-order chi connectivity index (χ0) is 14.0. The molecular formula is C15H26N2O2. The van der Waals surface area contributed by atoms with Gasteiger partial charge in [0.05, 0.1) is 5.92 Å². The van der Waals surface area contributed by atoms with Crippen LogP contribution >= 0.6 is 0 Å². The Bertz CT molecular complexity index is 361. The molecule has 0 radical (unpaired) electrons. The third-order valence-corrected chi connectivity index (χ3v) is 4.38. The number of hydrogen-bond acceptors (Lipinski definition) is 2. The van der Waals surface area contributed by atoms with Crippen molar-refractivity contribution in [2.24, 2.45) is 11.8 Å². The molecule has 1 saturated carbocycles. The molecule has 108 valence electrons. The van der Waals surface area contributed by atoms with Gasteiger partial charge in [-0.2, -0.15) is 0 Å². The van der Waals surface area contributed by atoms with Crippen LogP contribution in [0.5, 0.6) is 0 Å². The smallest absolute Gasteiger partial charge is 0.225 e. The lowest BCUT2D eigenvalue weighted by atomic mass is 9.94. The Labute approximate surface area is 115 Å². The van der Waals surface area contributed by atoms with Crippen molar-refractivity contribution < 1.29 is 9.59 Å². The quantitative estimate of drug-likeness (QED) is 0.845. The molecule has 0 spiro atoms. The van der Waals surface area contributed by atoms with Crippen molar-refractivity contribution >= 4 is 11.8 Å². The lowest BCUT2D eigenvalue weighted by molar-refractivity contribution is -0.137. The summed E-state index contributed by atoms with van der Waals surface area (Å²) in [7, 11) is 0. The van der Waals surface area contributed by atoms with Gasteiger partial charge in [0.1, 0.15) is 0 Å². The number of carbonyl (C=O) groups is 2. The third-order valence-electron chi connectivity index (χ3n) is 4.38. The first-order chi connectivity index (χ1) is 8.93. The predicted molar refractivity (Wildman–Crippen MR) is 74.5 cm³/mol. The summed E-state index contributed by atoms with van der Waals surface area (Å²) in [6.45, 7) is 7.60. The van der Waals surface area contributed by atoms with Gasteiger partial charge in [-0.25, -0.2) is 0 Å². The molecule has 0 bridgehead atoms. The fourth-order valence-corrected chi connectivity index (χ4v) is 2.50. The Morgan fingerprint density at radius 1 is 1.21 bits per heavy atom. The standard InChI is InChI=1S/C15H26N2O2/c1-4-15(2,3)16-13(18)12-6-5-9-17(10-12)14(19)11-7-8-11/h11-12H,4-10H2,1-3H3,(H,16,18)/t12-/m1/s1. The lowest BCUT2D eigenvalue weighted by Crippen LogP contribution is -2.50. The molecule has 1 N–H and O–H groups in total. The van der Waals surface area contributed by atoms with Crippen LogP contribution in [0.3, 0.4) is 0 Å². The zero-order valence-electron chi connectivity index (χ0n) is 12.4. The van der Waals surface area contributed by atoms with Crippen LogP contribution in [0.1, 0.15) is 52.9 Å². The number of nitrogens with one attached hydrogen (secondary N) is 1. The second kappa shape index (κ2) is 5.51. The Hall–Kier alpha value is -1.06. The number of piperidine rings is 1. The number of carbonyl (C=O) groups excluding carboxylic acids is 2. The van der Waals surface area contributed by atoms with E-state index in [0.29, 0.717) is 6.54 Å². The van der Waals surface area contributed by atoms with Gasteiger partial charge >= 0.3 is 0 Å². The van der Waals surface area contributed by atoms with Crippen molar-refractivity contribution in [3.63, 3.8) is 0 Å². The van der Waals surface area contributed by atoms with Crippen LogP contribution in [0.2, 0.25) is 0 Å². The summed E-state index contributed by atoms with van der Waals surface area (Å²) < 4.78 is 0. The topological polar surface area (TPSA) is 49.4 Å². The van der Waals surface area contributed by atoms with Gasteiger partial charge in [0.15, 0.2) is 0 Å². The fourth-order valence-electron chi connectivity index (χ4n) is 2.50. The number of rotatable bonds is 4. The summed E-state index contributed by atoms with van der Waals surface area (Å²) in [4.78, 5) is 26.2. The van der Waals surface area contributed by atoms with E-state index in [1.165, 1.54) is 0 Å². The maximum absolute atomic E-state index is 12.3. The molecule has 0 unspecified atom stereocenters. The van der Waals surface area contributed by atoms with Gasteiger partial charge < -0.3 is 10.2 Å². The van der Waals surface area contributed by atoms with Crippen LogP contribution in [0.15, 0.2) is 0 Å². The summed E-state index contributed by atoms with van der Waals surface area (Å²) in [6.07, 6.45) is 4.84. The summed E-state index contributed by atoms with van der Waals surface area (Å²) in [6, 6.07) is 0. The Balaban J connectivity index is 1.89. The van der Waals surface area contributed by atoms with Crippen molar-refractivity contribution in [1.29, 1.82) is 0 Å². The molecule has 1 aliphatic heterocycles. The van der Waals surface area contributed by atoms with Crippen molar-refractivity contribution in [3.05, 3.63) is 0 Å². The van der Waals surface area contributed by atoms with E-state index in [0.717, 1.165) is 38.6 Å². The van der Waals surface area contributed by atoms with Crippen molar-refractivity contribution in [3.8, 4) is 0 Å². The van der Waals surface area contributed by atoms with Crippen LogP contribution in [0.4, 0.5) is 0 Å². The highest BCUT2D eigenvalue weighted by molar-refractivity contribution is 5.83. The van der Waals surface area contributed by atoms with Crippen molar-refractivity contribution in [2.45, 2.75) is 58.4 Å². The first-order valence-electron chi connectivity index (χ1n) is 7.54. The third kappa shape index (κ3) is 3.71. The van der Waals surface area contributed by atoms with E-state index in [1.54, 1.807) is 0 Å². The van der Waals surface area contributed by atoms with Crippen LogP contribution in [0, 0.1) is 11.8 Å². The molecule has 4 nitrogen and oxygen atoms in total. The summed E-state index contributed by atoms with van der Waals surface area (Å²) >= 11 is 0. The largest absolute Gasteiger partial charge is 0.351 e. The molecule has 2 fully saturated rings. The first-order valence-corrected chi connectivity index (χ1v) is 7.54. The first kappa shape index (κ1) is 14.4. The molecule has 2 aliphatic rings. The van der Waals surface area contributed by atoms with E-state index in [9.17, 15) is 9.59 Å². The number of amides is 2. The van der Waals surface area contributed by atoms with Crippen LogP contribution < -0.4 is 5.32 Å². The molecule has 0 aromatic carbocycles. The van der Waals surface area contributed by atoms with Gasteiger partial charge in [-0.3, -0.25) is 9.59 Å². The van der Waals surface area contributed by atoms with Crippen molar-refractivity contribution in [1.82, 2.24) is 10.2 Å². The number of likely N-dealkylation sites (tertiary alicyclic amines) is 1. The van der Waals surface area contributed by atoms with Crippen LogP contribution in [-0.2, 0) is 9.59 Å². The second-order valence-corrected chi connectivity index (χ2v) is 6.62. The Kier molecular flexibility index (Phi) is 4.16. The molecule has 2 amide bonds. The SMILES string of the molecule is CCC(C)(C)NC(=O)[C@@H]1CCCN(C(=O)C2CC2)C1.